The molecule has 1 amide bonds. The van der Waals surface area contributed by atoms with Gasteiger partial charge < -0.3 is 14.8 Å². The van der Waals surface area contributed by atoms with Crippen molar-refractivity contribution in [3.05, 3.63) is 68.6 Å². The van der Waals surface area contributed by atoms with E-state index in [9.17, 15) is 9.59 Å². The molecule has 0 saturated carbocycles. The fourth-order valence-electron chi connectivity index (χ4n) is 4.58. The zero-order valence-electron chi connectivity index (χ0n) is 20.8. The molecule has 0 atom stereocenters. The Morgan fingerprint density at radius 1 is 1.03 bits per heavy atom. The van der Waals surface area contributed by atoms with Crippen molar-refractivity contribution in [3.63, 3.8) is 0 Å². The molecule has 8 heteroatoms. The number of anilines is 1. The van der Waals surface area contributed by atoms with E-state index in [0.29, 0.717) is 18.8 Å². The second-order valence-electron chi connectivity index (χ2n) is 9.34. The molecular weight excluding hydrogens is 462 g/mol. The normalized spacial score (nSPS) is 14.5. The summed E-state index contributed by atoms with van der Waals surface area (Å²) in [4.78, 5) is 34.4. The van der Waals surface area contributed by atoms with Gasteiger partial charge in [-0.1, -0.05) is 17.7 Å². The molecule has 2 heterocycles. The van der Waals surface area contributed by atoms with E-state index in [-0.39, 0.29) is 17.9 Å². The highest BCUT2D eigenvalue weighted by molar-refractivity contribution is 6.30. The smallest absolute Gasteiger partial charge is 0.272 e. The summed E-state index contributed by atoms with van der Waals surface area (Å²) < 4.78 is 1.68. The van der Waals surface area contributed by atoms with E-state index in [0.717, 1.165) is 66.3 Å². The Balaban J connectivity index is 1.22. The van der Waals surface area contributed by atoms with E-state index in [1.165, 1.54) is 5.69 Å². The number of fused-ring (bicyclic) bond motifs is 1. The first-order valence-corrected chi connectivity index (χ1v) is 12.7. The summed E-state index contributed by atoms with van der Waals surface area (Å²) >= 11 is 6.12. The number of piperazine rings is 1. The highest BCUT2D eigenvalue weighted by atomic mass is 35.5. The molecule has 0 aliphatic carbocycles. The highest BCUT2D eigenvalue weighted by Crippen LogP contribution is 2.21. The first-order chi connectivity index (χ1) is 16.8. The van der Waals surface area contributed by atoms with Crippen LogP contribution in [0.5, 0.6) is 0 Å². The molecule has 186 valence electrons. The van der Waals surface area contributed by atoms with E-state index >= 15 is 0 Å². The first-order valence-electron chi connectivity index (χ1n) is 12.3. The number of nitrogens with one attached hydrogen (secondary N) is 1. The van der Waals surface area contributed by atoms with Gasteiger partial charge in [-0.3, -0.25) is 14.5 Å². The molecule has 0 bridgehead atoms. The third kappa shape index (κ3) is 6.21. The average molecular weight is 496 g/mol. The lowest BCUT2D eigenvalue weighted by Crippen LogP contribution is -2.47. The number of carbonyl (C=O) groups excluding carboxylic acids is 1. The lowest BCUT2D eigenvalue weighted by molar-refractivity contribution is -0.121. The fourth-order valence-corrected chi connectivity index (χ4v) is 4.77. The molecule has 35 heavy (non-hydrogen) atoms. The number of halogens is 1. The van der Waals surface area contributed by atoms with Crippen LogP contribution >= 0.6 is 11.6 Å². The first kappa shape index (κ1) is 25.2. The standard InChI is InChI=1S/C27H34ClN5O2/c1-19-16-24-25(17-20(19)2)33(27(35)21(3)30-24)11-8-26(34)29-9-5-10-31-12-14-32(15-13-31)23-7-4-6-22(28)18-23/h4,6-7,16-18H,5,8-15H2,1-3H3,(H,29,34). The number of aryl methyl sites for hydroxylation is 4. The van der Waals surface area contributed by atoms with Crippen LogP contribution in [0.1, 0.15) is 29.7 Å². The number of hydrogen-bond acceptors (Lipinski definition) is 5. The quantitative estimate of drug-likeness (QED) is 0.482. The number of benzene rings is 2. The molecule has 0 spiro atoms. The summed E-state index contributed by atoms with van der Waals surface area (Å²) in [5.41, 5.74) is 5.31. The minimum atomic E-state index is -0.134. The van der Waals surface area contributed by atoms with Crippen LogP contribution in [-0.4, -0.2) is 59.6 Å². The van der Waals surface area contributed by atoms with Crippen molar-refractivity contribution in [3.8, 4) is 0 Å². The molecule has 1 saturated heterocycles. The molecule has 1 aromatic heterocycles. The Hall–Kier alpha value is -2.90. The predicted octanol–water partition coefficient (Wildman–Crippen LogP) is 3.69. The third-order valence-corrected chi connectivity index (χ3v) is 7.04. The molecule has 1 aliphatic heterocycles. The van der Waals surface area contributed by atoms with E-state index in [4.69, 9.17) is 11.6 Å². The summed E-state index contributed by atoms with van der Waals surface area (Å²) in [5.74, 6) is -0.0332. The molecule has 0 unspecified atom stereocenters. The molecule has 1 aliphatic rings. The fraction of sp³-hybridized carbons (Fsp3) is 0.444. The maximum absolute atomic E-state index is 12.7. The van der Waals surface area contributed by atoms with E-state index in [1.807, 2.05) is 44.2 Å². The van der Waals surface area contributed by atoms with Gasteiger partial charge >= 0.3 is 0 Å². The van der Waals surface area contributed by atoms with Gasteiger partial charge in [0.2, 0.25) is 5.91 Å². The summed E-state index contributed by atoms with van der Waals surface area (Å²) in [5, 5.41) is 3.78. The maximum atomic E-state index is 12.7. The third-order valence-electron chi connectivity index (χ3n) is 6.81. The number of hydrogen-bond donors (Lipinski definition) is 1. The van der Waals surface area contributed by atoms with Crippen LogP contribution in [0.2, 0.25) is 5.02 Å². The maximum Gasteiger partial charge on any atom is 0.272 e. The summed E-state index contributed by atoms with van der Waals surface area (Å²) in [6, 6.07) is 12.0. The molecule has 7 nitrogen and oxygen atoms in total. The van der Waals surface area contributed by atoms with Crippen LogP contribution in [0, 0.1) is 20.8 Å². The summed E-state index contributed by atoms with van der Waals surface area (Å²) in [6.07, 6.45) is 1.17. The molecule has 0 radical (unpaired) electrons. The van der Waals surface area contributed by atoms with Gasteiger partial charge in [0.05, 0.1) is 11.0 Å². The predicted molar refractivity (Wildman–Crippen MR) is 143 cm³/mol. The Labute approximate surface area is 211 Å². The van der Waals surface area contributed by atoms with Gasteiger partial charge in [0.25, 0.3) is 5.56 Å². The van der Waals surface area contributed by atoms with Gasteiger partial charge in [-0.2, -0.15) is 0 Å². The Bertz CT molecular complexity index is 1260. The summed E-state index contributed by atoms with van der Waals surface area (Å²) in [7, 11) is 0. The minimum Gasteiger partial charge on any atom is -0.369 e. The van der Waals surface area contributed by atoms with Gasteiger partial charge in [-0.05, 0) is 75.2 Å². The SMILES string of the molecule is Cc1cc2nc(C)c(=O)n(CCC(=O)NCCCN3CCN(c4cccc(Cl)c4)CC3)c2cc1C. The molecule has 1 N–H and O–H groups in total. The number of amides is 1. The van der Waals surface area contributed by atoms with Crippen molar-refractivity contribution in [2.45, 2.75) is 40.2 Å². The molecule has 3 aromatic rings. The Morgan fingerprint density at radius 3 is 2.51 bits per heavy atom. The van der Waals surface area contributed by atoms with Gasteiger partial charge in [-0.25, -0.2) is 4.98 Å². The zero-order valence-corrected chi connectivity index (χ0v) is 21.6. The van der Waals surface area contributed by atoms with Crippen molar-refractivity contribution < 1.29 is 4.79 Å². The Morgan fingerprint density at radius 2 is 1.77 bits per heavy atom. The largest absolute Gasteiger partial charge is 0.369 e. The monoisotopic (exact) mass is 495 g/mol. The van der Waals surface area contributed by atoms with Gasteiger partial charge in [-0.15, -0.1) is 0 Å². The number of nitrogens with zero attached hydrogens (tertiary/aromatic N) is 4. The topological polar surface area (TPSA) is 70.5 Å². The number of carbonyl (C=O) groups is 1. The van der Waals surface area contributed by atoms with E-state index < -0.39 is 0 Å². The minimum absolute atomic E-state index is 0.0332. The average Bonchev–Trinajstić information content (AvgIpc) is 2.84. The molecule has 2 aromatic carbocycles. The van der Waals surface area contributed by atoms with Crippen LogP contribution in [0.15, 0.2) is 41.2 Å². The van der Waals surface area contributed by atoms with Crippen LogP contribution in [0.3, 0.4) is 0 Å². The molecule has 1 fully saturated rings. The second-order valence-corrected chi connectivity index (χ2v) is 9.78. The van der Waals surface area contributed by atoms with Crippen molar-refractivity contribution >= 4 is 34.2 Å². The number of aromatic nitrogens is 2. The van der Waals surface area contributed by atoms with Gasteiger partial charge in [0.1, 0.15) is 5.69 Å². The van der Waals surface area contributed by atoms with E-state index in [2.05, 4.69) is 26.2 Å². The molecule has 4 rings (SSSR count). The molecular formula is C27H34ClN5O2. The highest BCUT2D eigenvalue weighted by Gasteiger charge is 2.17. The lowest BCUT2D eigenvalue weighted by Gasteiger charge is -2.36. The van der Waals surface area contributed by atoms with Gasteiger partial charge in [0, 0.05) is 56.4 Å². The Kier molecular flexibility index (Phi) is 8.08. The van der Waals surface area contributed by atoms with Crippen molar-refractivity contribution in [1.29, 1.82) is 0 Å². The van der Waals surface area contributed by atoms with Crippen LogP contribution in [0.25, 0.3) is 11.0 Å². The lowest BCUT2D eigenvalue weighted by atomic mass is 10.1. The van der Waals surface area contributed by atoms with Crippen LogP contribution in [0.4, 0.5) is 5.69 Å². The van der Waals surface area contributed by atoms with Crippen molar-refractivity contribution in [2.75, 3.05) is 44.2 Å². The van der Waals surface area contributed by atoms with Crippen LogP contribution in [-0.2, 0) is 11.3 Å². The zero-order chi connectivity index (χ0) is 24.9. The second kappa shape index (κ2) is 11.2. The van der Waals surface area contributed by atoms with Crippen molar-refractivity contribution in [1.82, 2.24) is 19.8 Å². The van der Waals surface area contributed by atoms with Crippen molar-refractivity contribution in [2.24, 2.45) is 0 Å². The summed E-state index contributed by atoms with van der Waals surface area (Å²) in [6.45, 7) is 11.7. The van der Waals surface area contributed by atoms with Gasteiger partial charge in [0.15, 0.2) is 0 Å². The van der Waals surface area contributed by atoms with E-state index in [1.54, 1.807) is 11.5 Å². The van der Waals surface area contributed by atoms with Crippen LogP contribution < -0.4 is 15.8 Å². The number of rotatable bonds is 8.